The largest absolute Gasteiger partial charge is 0.511 e. The minimum absolute atomic E-state index is 0.00361. The van der Waals surface area contributed by atoms with Crippen LogP contribution in [-0.2, 0) is 4.79 Å². The third-order valence-electron chi connectivity index (χ3n) is 13.2. The lowest BCUT2D eigenvalue weighted by Gasteiger charge is -2.72. The van der Waals surface area contributed by atoms with Gasteiger partial charge in [0.15, 0.2) is 0 Å². The summed E-state index contributed by atoms with van der Waals surface area (Å²) in [4.78, 5) is 14.3. The lowest BCUT2D eigenvalue weighted by Crippen LogP contribution is -2.68. The van der Waals surface area contributed by atoms with E-state index in [2.05, 4.69) is 54.5 Å². The van der Waals surface area contributed by atoms with E-state index in [9.17, 15) is 20.3 Å². The molecule has 5 aliphatic carbocycles. The van der Waals surface area contributed by atoms with Crippen LogP contribution in [0.25, 0.3) is 0 Å². The summed E-state index contributed by atoms with van der Waals surface area (Å²) < 4.78 is 0. The first kappa shape index (κ1) is 25.3. The second kappa shape index (κ2) is 7.37. The zero-order valence-corrected chi connectivity index (χ0v) is 23.1. The molecule has 4 heteroatoms. The van der Waals surface area contributed by atoms with Gasteiger partial charge in [-0.05, 0) is 96.2 Å². The monoisotopic (exact) mass is 481 g/mol. The van der Waals surface area contributed by atoms with Crippen molar-refractivity contribution in [2.24, 2.45) is 56.2 Å². The van der Waals surface area contributed by atoms with Crippen LogP contribution in [0.5, 0.6) is 0 Å². The van der Waals surface area contributed by atoms with Crippen LogP contribution in [0.4, 0.5) is 0 Å². The van der Waals surface area contributed by atoms with Gasteiger partial charge in [-0.15, -0.1) is 0 Å². The van der Waals surface area contributed by atoms with Crippen LogP contribution in [0.3, 0.4) is 0 Å². The number of fused-ring (bicyclic) bond motifs is 7. The van der Waals surface area contributed by atoms with E-state index in [1.165, 1.54) is 0 Å². The van der Waals surface area contributed by atoms with Gasteiger partial charge in [0, 0.05) is 24.4 Å². The van der Waals surface area contributed by atoms with Gasteiger partial charge in [0.25, 0.3) is 0 Å². The van der Waals surface area contributed by atoms with Gasteiger partial charge in [-0.3, -0.25) is 4.79 Å². The van der Waals surface area contributed by atoms with Gasteiger partial charge in [0.05, 0.1) is 11.6 Å². The summed E-state index contributed by atoms with van der Waals surface area (Å²) in [5.74, 6) is 1.41. The Hall–Kier alpha value is -1.34. The highest BCUT2D eigenvalue weighted by Crippen LogP contribution is 2.76. The van der Waals surface area contributed by atoms with Crippen molar-refractivity contribution in [1.82, 2.24) is 0 Å². The Bertz CT molecular complexity index is 1020. The molecule has 5 aliphatic rings. The summed E-state index contributed by atoms with van der Waals surface area (Å²) in [5, 5.41) is 31.6. The number of rotatable bonds is 1. The van der Waals surface area contributed by atoms with E-state index in [0.717, 1.165) is 44.9 Å². The topological polar surface area (TPSA) is 81.3 Å². The Labute approximate surface area is 212 Å². The summed E-state index contributed by atoms with van der Waals surface area (Å²) in [6, 6.07) is 2.33. The zero-order valence-electron chi connectivity index (χ0n) is 23.1. The third kappa shape index (κ3) is 3.03. The van der Waals surface area contributed by atoms with E-state index >= 15 is 0 Å². The number of hydrogen-bond donors (Lipinski definition) is 2. The van der Waals surface area contributed by atoms with Gasteiger partial charge in [0.2, 0.25) is 0 Å². The molecule has 4 nitrogen and oxygen atoms in total. The maximum absolute atomic E-state index is 14.3. The molecule has 0 aromatic rings. The molecule has 8 atom stereocenters. The summed E-state index contributed by atoms with van der Waals surface area (Å²) in [5.41, 5.74) is -0.104. The van der Waals surface area contributed by atoms with Crippen LogP contribution in [-0.4, -0.2) is 22.6 Å². The molecule has 2 N–H and O–H groups in total. The fourth-order valence-electron chi connectivity index (χ4n) is 11.0. The van der Waals surface area contributed by atoms with Gasteiger partial charge in [-0.1, -0.05) is 48.5 Å². The van der Waals surface area contributed by atoms with Crippen molar-refractivity contribution >= 4 is 5.78 Å². The molecule has 0 heterocycles. The molecule has 194 valence electrons. The van der Waals surface area contributed by atoms with Crippen molar-refractivity contribution in [3.63, 3.8) is 0 Å². The average Bonchev–Trinajstić information content (AvgIpc) is 2.77. The number of Topliss-reactive ketones (excluding diaryl/α,β-unsaturated/α-hetero) is 1. The molecule has 2 unspecified atom stereocenters. The molecule has 0 aliphatic heterocycles. The van der Waals surface area contributed by atoms with E-state index in [1.807, 2.05) is 0 Å². The quantitative estimate of drug-likeness (QED) is 0.423. The number of aliphatic hydroxyl groups excluding tert-OH is 2. The number of carbonyl (C=O) groups excluding carboxylic acids is 1. The SMILES string of the molecule is CC1(C)CC[C@]2(CO)CC[C@]3(C)C(C(=O)C[C@@H]4[C@@]5(C)CC(C#N)=C(O)C(C)(C)[C@@H]5CC[C@]43C)C2C1. The predicted molar refractivity (Wildman–Crippen MR) is 137 cm³/mol. The molecule has 0 aromatic heterocycles. The van der Waals surface area contributed by atoms with Crippen molar-refractivity contribution in [2.45, 2.75) is 106 Å². The standard InChI is InChI=1S/C31H47NO3/c1-26(2)10-12-31(18-33)13-11-30(7)24(20(31)16-26)21(34)14-23-28(5)15-19(17-32)25(35)27(3,4)22(28)8-9-29(23,30)6/h20,22-24,33,35H,8-16,18H2,1-7H3/t20?,22-,23+,24?,28-,29+,30+,31+/m0/s1. The van der Waals surface area contributed by atoms with Gasteiger partial charge < -0.3 is 10.2 Å². The molecule has 5 rings (SSSR count). The Kier molecular flexibility index (Phi) is 5.33. The van der Waals surface area contributed by atoms with Crippen LogP contribution in [0.1, 0.15) is 106 Å². The molecule has 0 bridgehead atoms. The Morgan fingerprint density at radius 2 is 1.60 bits per heavy atom. The fourth-order valence-corrected chi connectivity index (χ4v) is 11.0. The van der Waals surface area contributed by atoms with Crippen molar-refractivity contribution in [3.8, 4) is 6.07 Å². The highest BCUT2D eigenvalue weighted by molar-refractivity contribution is 5.84. The average molecular weight is 482 g/mol. The van der Waals surface area contributed by atoms with Crippen LogP contribution < -0.4 is 0 Å². The zero-order chi connectivity index (χ0) is 25.8. The molecule has 0 spiro atoms. The number of carbonyl (C=O) groups is 1. The van der Waals surface area contributed by atoms with E-state index in [1.54, 1.807) is 0 Å². The summed E-state index contributed by atoms with van der Waals surface area (Å²) in [6.45, 7) is 16.3. The van der Waals surface area contributed by atoms with Gasteiger partial charge >= 0.3 is 0 Å². The van der Waals surface area contributed by atoms with Gasteiger partial charge in [-0.25, -0.2) is 0 Å². The number of nitrogens with zero attached hydrogens (tertiary/aromatic N) is 1. The first-order chi connectivity index (χ1) is 16.1. The van der Waals surface area contributed by atoms with Crippen LogP contribution in [0.15, 0.2) is 11.3 Å². The van der Waals surface area contributed by atoms with Crippen molar-refractivity contribution in [1.29, 1.82) is 5.26 Å². The number of hydrogen-bond acceptors (Lipinski definition) is 4. The molecule has 0 amide bonds. The number of nitriles is 1. The second-order valence-corrected chi connectivity index (χ2v) is 15.5. The first-order valence-corrected chi connectivity index (χ1v) is 14.1. The minimum Gasteiger partial charge on any atom is -0.511 e. The molecular weight excluding hydrogens is 434 g/mol. The maximum atomic E-state index is 14.3. The summed E-state index contributed by atoms with van der Waals surface area (Å²) >= 11 is 0. The first-order valence-electron chi connectivity index (χ1n) is 14.1. The summed E-state index contributed by atoms with van der Waals surface area (Å²) in [6.07, 6.45) is 8.46. The lowest BCUT2D eigenvalue weighted by atomic mass is 9.31. The van der Waals surface area contributed by atoms with Crippen LogP contribution >= 0.6 is 0 Å². The number of aliphatic hydroxyl groups is 2. The lowest BCUT2D eigenvalue weighted by molar-refractivity contribution is -0.234. The number of allylic oxidation sites excluding steroid dienone is 2. The van der Waals surface area contributed by atoms with E-state index in [4.69, 9.17) is 0 Å². The smallest absolute Gasteiger partial charge is 0.137 e. The van der Waals surface area contributed by atoms with E-state index in [-0.39, 0.29) is 63.1 Å². The fraction of sp³-hybridized carbons (Fsp3) is 0.871. The molecule has 35 heavy (non-hydrogen) atoms. The molecule has 0 radical (unpaired) electrons. The molecule has 0 aromatic carbocycles. The van der Waals surface area contributed by atoms with Crippen LogP contribution in [0, 0.1) is 67.5 Å². The summed E-state index contributed by atoms with van der Waals surface area (Å²) in [7, 11) is 0. The molecule has 4 saturated carbocycles. The Morgan fingerprint density at radius 1 is 0.943 bits per heavy atom. The van der Waals surface area contributed by atoms with E-state index < -0.39 is 5.41 Å². The molecule has 4 fully saturated rings. The van der Waals surface area contributed by atoms with E-state index in [0.29, 0.717) is 24.2 Å². The van der Waals surface area contributed by atoms with Crippen molar-refractivity contribution < 1.29 is 15.0 Å². The normalized spacial score (nSPS) is 50.3. The van der Waals surface area contributed by atoms with Gasteiger partial charge in [0.1, 0.15) is 11.5 Å². The van der Waals surface area contributed by atoms with Crippen molar-refractivity contribution in [2.75, 3.05) is 6.61 Å². The molecular formula is C31H47NO3. The van der Waals surface area contributed by atoms with Crippen molar-refractivity contribution in [3.05, 3.63) is 11.3 Å². The highest BCUT2D eigenvalue weighted by Gasteiger charge is 2.72. The maximum Gasteiger partial charge on any atom is 0.137 e. The Morgan fingerprint density at radius 3 is 2.23 bits per heavy atom. The minimum atomic E-state index is -0.452. The highest BCUT2D eigenvalue weighted by atomic mass is 16.3. The number of ketones is 1. The molecule has 0 saturated heterocycles. The third-order valence-corrected chi connectivity index (χ3v) is 13.2. The van der Waals surface area contributed by atoms with Gasteiger partial charge in [-0.2, -0.15) is 5.26 Å². The Balaban J connectivity index is 1.61. The van der Waals surface area contributed by atoms with Crippen LogP contribution in [0.2, 0.25) is 0 Å². The second-order valence-electron chi connectivity index (χ2n) is 15.5. The predicted octanol–water partition coefficient (Wildman–Crippen LogP) is 6.98.